The number of ether oxygens (including phenoxy) is 4. The van der Waals surface area contributed by atoms with E-state index in [1.807, 2.05) is 0 Å². The number of aliphatic hydroxyl groups excluding tert-OH is 1. The summed E-state index contributed by atoms with van der Waals surface area (Å²) in [5.41, 5.74) is 14.5. The third-order valence-electron chi connectivity index (χ3n) is 12.2. The number of carboxylic acids is 4. The lowest BCUT2D eigenvalue weighted by atomic mass is 10.0. The van der Waals surface area contributed by atoms with Crippen LogP contribution in [-0.2, 0) is 65.0 Å². The Hall–Kier alpha value is -8.79. The number of phosphoric ester groups is 1. The highest BCUT2D eigenvalue weighted by Gasteiger charge is 2.43. The van der Waals surface area contributed by atoms with Crippen LogP contribution in [0.2, 0.25) is 0 Å². The summed E-state index contributed by atoms with van der Waals surface area (Å²) in [5, 5.41) is 60.8. The zero-order valence-electron chi connectivity index (χ0n) is 46.9. The molecule has 4 aromatic rings. The van der Waals surface area contributed by atoms with E-state index >= 15 is 0 Å². The molecule has 0 aliphatic carbocycles. The molecule has 0 radical (unpaired) electrons. The Morgan fingerprint density at radius 3 is 2.03 bits per heavy atom. The number of benzene rings is 2. The summed E-state index contributed by atoms with van der Waals surface area (Å²) in [6, 6.07) is 5.27. The zero-order chi connectivity index (χ0) is 67.2. The van der Waals surface area contributed by atoms with Crippen molar-refractivity contribution in [3.05, 3.63) is 93.2 Å². The van der Waals surface area contributed by atoms with Crippen LogP contribution >= 0.6 is 23.5 Å². The Balaban J connectivity index is 1.07. The molecule has 1 aliphatic rings. The number of nitrogens with zero attached hydrogens (tertiary/aromatic N) is 6. The van der Waals surface area contributed by atoms with Gasteiger partial charge in [0.2, 0.25) is 5.91 Å². The smallest absolute Gasteiger partial charge is 0.490 e. The minimum absolute atomic E-state index is 0.0160. The number of carboxylic acid groups (broad SMARTS) is 4. The number of azide groups is 1. The van der Waals surface area contributed by atoms with Crippen LogP contribution in [0.15, 0.2) is 60.1 Å². The van der Waals surface area contributed by atoms with Crippen LogP contribution in [-0.4, -0.2) is 190 Å². The average Bonchev–Trinajstić information content (AvgIpc) is 1.65. The van der Waals surface area contributed by atoms with E-state index in [1.165, 1.54) is 35.0 Å². The number of hydrogen-bond acceptors (Lipinski definition) is 24. The number of nitrogens with one attached hydrogen (secondary N) is 4. The van der Waals surface area contributed by atoms with E-state index in [0.29, 0.717) is 0 Å². The van der Waals surface area contributed by atoms with Crippen LogP contribution in [0.1, 0.15) is 98.2 Å². The molecule has 3 unspecified atom stereocenters. The number of fused-ring (bicyclic) bond motifs is 1. The van der Waals surface area contributed by atoms with Crippen molar-refractivity contribution >= 4 is 93.6 Å². The Labute approximate surface area is 511 Å². The predicted octanol–water partition coefficient (Wildman–Crippen LogP) is 0.710. The maximum absolute atomic E-state index is 13.4. The number of amides is 4. The van der Waals surface area contributed by atoms with E-state index in [-0.39, 0.29) is 91.5 Å². The van der Waals surface area contributed by atoms with Crippen molar-refractivity contribution in [3.8, 4) is 17.6 Å². The lowest BCUT2D eigenvalue weighted by molar-refractivity contribution is -0.142. The highest BCUT2D eigenvalue weighted by molar-refractivity contribution is 7.66. The first-order valence-electron chi connectivity index (χ1n) is 26.3. The standard InChI is InChI=1S/C49H58N11O28P3/c50-43-42-27(21-60(44(42)55-25-54-43)39-20-35(62)36(86-39)22-85-90(78,79)88-91(80,81)87-89(75,76)77)5-2-12-52-37(63)23-82-14-15-83-38(58-59-51)24-84-31-6-1-4-26(19-31)34(61)7-3-13-53-45(68)28-16-29(46(69)56-32(48(71)72)8-10-40(64)65)18-30(17-28)47(70)57-33(49(73)74)9-11-41(66)67/h1,4,6,16-19,21,25,32-33,35-36,38-39,62H,3,7-15,20,22-24H2,(H,52,63)(H,53,68)(H,56,69)(H,57,70)(H,64,65)(H,66,67)(H,71,72)(H,73,74)(H,78,79)(H,80,81)(H2,50,54,55)(H2,75,76,77)/t32-,33-,35-,36+,38?,39+/m0/s1. The van der Waals surface area contributed by atoms with Gasteiger partial charge < -0.3 is 95.6 Å². The molecular formula is C49H58N11O28P3. The number of ketones is 1. The third kappa shape index (κ3) is 24.2. The Bertz CT molecular complexity index is 3570. The molecule has 1 aliphatic heterocycles. The van der Waals surface area contributed by atoms with Gasteiger partial charge in [0.15, 0.2) is 12.0 Å². The summed E-state index contributed by atoms with van der Waals surface area (Å²) >= 11 is 0. The second-order valence-corrected chi connectivity index (χ2v) is 23.3. The highest BCUT2D eigenvalue weighted by atomic mass is 31.3. The number of aliphatic hydroxyl groups is 1. The van der Waals surface area contributed by atoms with Gasteiger partial charge in [0.25, 0.3) is 17.7 Å². The second kappa shape index (κ2) is 33.9. The van der Waals surface area contributed by atoms with Gasteiger partial charge in [-0.15, -0.1) is 0 Å². The van der Waals surface area contributed by atoms with E-state index in [4.69, 9.17) is 50.2 Å². The number of Topliss-reactive ketones (excluding diaryl/α,β-unsaturated/α-hetero) is 1. The molecule has 1 saturated heterocycles. The third-order valence-corrected chi connectivity index (χ3v) is 16.0. The van der Waals surface area contributed by atoms with Gasteiger partial charge in [0.05, 0.1) is 43.4 Å². The molecule has 42 heteroatoms. The molecule has 8 atom stereocenters. The molecule has 0 bridgehead atoms. The minimum atomic E-state index is -5.80. The second-order valence-electron chi connectivity index (χ2n) is 18.9. The summed E-state index contributed by atoms with van der Waals surface area (Å²) < 4.78 is 70.5. The summed E-state index contributed by atoms with van der Waals surface area (Å²) in [7, 11) is -17.0. The van der Waals surface area contributed by atoms with Crippen LogP contribution in [0.4, 0.5) is 5.82 Å². The Morgan fingerprint density at radius 2 is 1.44 bits per heavy atom. The zero-order valence-corrected chi connectivity index (χ0v) is 49.6. The SMILES string of the molecule is [N-]=[N+]=NC(COc1cccc(C(=O)CCCNC(=O)c2cc(C(=O)N[C@@H](CCC(=O)O)C(=O)O)cc(C(=O)N[C@@H](CCC(=O)O)C(=O)O)c2)c1)OCCOCC(=O)NCC#Cc1cn([C@H]2C[C@H](O)[C@@H](COP(=O)(O)OP(=O)(O)OP(=O)(O)O)O2)c2ncnc(N)c12. The molecule has 1 fully saturated rings. The maximum atomic E-state index is 13.4. The number of carbonyl (C=O) groups excluding carboxylic acids is 5. The van der Waals surface area contributed by atoms with E-state index in [2.05, 4.69) is 66.2 Å². The van der Waals surface area contributed by atoms with E-state index in [9.17, 15) is 82.0 Å². The number of hydrogen-bond donors (Lipinski definition) is 14. The monoisotopic (exact) mass is 1340 g/mol. The molecule has 91 heavy (non-hydrogen) atoms. The van der Waals surface area contributed by atoms with Crippen molar-refractivity contribution in [3.63, 3.8) is 0 Å². The fourth-order valence-electron chi connectivity index (χ4n) is 8.02. The van der Waals surface area contributed by atoms with Crippen LogP contribution in [0.5, 0.6) is 5.75 Å². The predicted molar refractivity (Wildman–Crippen MR) is 302 cm³/mol. The molecule has 5 rings (SSSR count). The molecule has 0 spiro atoms. The van der Waals surface area contributed by atoms with Gasteiger partial charge in [0.1, 0.15) is 61.2 Å². The number of nitrogen functional groups attached to an aromatic ring is 1. The summed E-state index contributed by atoms with van der Waals surface area (Å²) in [4.78, 5) is 159. The molecule has 2 aromatic carbocycles. The number of rotatable bonds is 37. The van der Waals surface area contributed by atoms with E-state index in [0.717, 1.165) is 24.5 Å². The number of aliphatic carboxylic acids is 4. The van der Waals surface area contributed by atoms with Gasteiger partial charge in [-0.1, -0.05) is 29.1 Å². The first kappa shape index (κ1) is 73.0. The normalized spacial score (nSPS) is 16.8. The largest absolute Gasteiger partial charge is 0.491 e. The molecule has 0 saturated carbocycles. The quantitative estimate of drug-likeness (QED) is 0.00562. The van der Waals surface area contributed by atoms with Crippen LogP contribution < -0.4 is 31.7 Å². The Kier molecular flexibility index (Phi) is 27.1. The van der Waals surface area contributed by atoms with Gasteiger partial charge in [-0.05, 0) is 55.1 Å². The van der Waals surface area contributed by atoms with Crippen LogP contribution in [0.3, 0.4) is 0 Å². The van der Waals surface area contributed by atoms with Gasteiger partial charge >= 0.3 is 47.3 Å². The Morgan fingerprint density at radius 1 is 0.813 bits per heavy atom. The van der Waals surface area contributed by atoms with Crippen molar-refractivity contribution in [1.29, 1.82) is 0 Å². The number of nitrogens with two attached hydrogens (primary N) is 1. The van der Waals surface area contributed by atoms with Gasteiger partial charge in [-0.25, -0.2) is 33.3 Å². The molecule has 39 nitrogen and oxygen atoms in total. The number of phosphoric acid groups is 3. The van der Waals surface area contributed by atoms with E-state index in [1.54, 1.807) is 0 Å². The summed E-state index contributed by atoms with van der Waals surface area (Å²) in [5.74, 6) is -4.45. The maximum Gasteiger partial charge on any atom is 0.490 e. The molecular weight excluding hydrogens is 1280 g/mol. The topological polar surface area (TPSA) is 605 Å². The first-order valence-corrected chi connectivity index (χ1v) is 30.8. The number of aromatic nitrogens is 3. The van der Waals surface area contributed by atoms with Gasteiger partial charge in [-0.2, -0.15) is 8.62 Å². The lowest BCUT2D eigenvalue weighted by Gasteiger charge is -2.19. The molecule has 15 N–H and O–H groups in total. The fourth-order valence-corrected chi connectivity index (χ4v) is 11.1. The lowest BCUT2D eigenvalue weighted by Crippen LogP contribution is -2.42. The number of carbonyl (C=O) groups is 9. The minimum Gasteiger partial charge on any atom is -0.491 e. The van der Waals surface area contributed by atoms with Crippen molar-refractivity contribution in [1.82, 2.24) is 35.8 Å². The molecule has 4 amide bonds. The van der Waals surface area contributed by atoms with Gasteiger partial charge in [-0.3, -0.25) is 38.1 Å². The summed E-state index contributed by atoms with van der Waals surface area (Å²) in [6.07, 6.45) is -5.12. The van der Waals surface area contributed by atoms with Crippen LogP contribution in [0.25, 0.3) is 21.5 Å². The van der Waals surface area contributed by atoms with Crippen LogP contribution in [0, 0.1) is 11.8 Å². The van der Waals surface area contributed by atoms with E-state index < -0.39 is 164 Å². The van der Waals surface area contributed by atoms with Crippen molar-refractivity contribution < 1.29 is 134 Å². The van der Waals surface area contributed by atoms with Crippen molar-refractivity contribution in [2.45, 2.75) is 81.7 Å². The molecule has 2 aromatic heterocycles. The molecule has 3 heterocycles. The van der Waals surface area contributed by atoms with Crippen molar-refractivity contribution in [2.75, 3.05) is 51.9 Å². The van der Waals surface area contributed by atoms with Gasteiger partial charge in [0, 0.05) is 65.6 Å². The molecule has 492 valence electrons. The number of anilines is 1. The van der Waals surface area contributed by atoms with Crippen molar-refractivity contribution in [2.24, 2.45) is 5.11 Å². The highest BCUT2D eigenvalue weighted by Crippen LogP contribution is 2.66. The summed E-state index contributed by atoms with van der Waals surface area (Å²) in [6.45, 7) is -2.47. The fraction of sp³-hybridized carbons (Fsp3) is 0.408. The first-order chi connectivity index (χ1) is 42.8. The average molecular weight is 1340 g/mol.